The number of nitrogens with zero attached hydrogens (tertiary/aromatic N) is 2. The number of pyridine rings is 2. The van der Waals surface area contributed by atoms with Crippen LogP contribution >= 0.6 is 0 Å². The van der Waals surface area contributed by atoms with Crippen molar-refractivity contribution >= 4 is 17.8 Å². The lowest BCUT2D eigenvalue weighted by atomic mass is 9.93. The minimum atomic E-state index is -3.70. The van der Waals surface area contributed by atoms with E-state index < -0.39 is 11.7 Å². The molecule has 3 heterocycles. The third-order valence-electron chi connectivity index (χ3n) is 6.62. The number of hydrogen-bond donors (Lipinski definition) is 1. The molecule has 1 N–H and O–H groups in total. The number of amides is 1. The highest BCUT2D eigenvalue weighted by atomic mass is 19.3. The van der Waals surface area contributed by atoms with Crippen LogP contribution in [0.4, 0.5) is 14.6 Å². The number of ether oxygens (including phenoxy) is 3. The Labute approximate surface area is 199 Å². The predicted octanol–water partition coefficient (Wildman–Crippen LogP) is 5.10. The van der Waals surface area contributed by atoms with Crippen LogP contribution in [0.25, 0.3) is 17.3 Å². The lowest BCUT2D eigenvalue weighted by Gasteiger charge is -2.19. The summed E-state index contributed by atoms with van der Waals surface area (Å²) in [6.45, 7) is 0. The first-order valence-corrected chi connectivity index (χ1v) is 11.3. The third-order valence-corrected chi connectivity index (χ3v) is 6.62. The van der Waals surface area contributed by atoms with Crippen molar-refractivity contribution in [2.45, 2.75) is 37.4 Å². The van der Waals surface area contributed by atoms with Gasteiger partial charge in [-0.25, -0.2) is 9.97 Å². The van der Waals surface area contributed by atoms with Crippen molar-refractivity contribution in [1.82, 2.24) is 9.97 Å². The molecule has 0 atom stereocenters. The van der Waals surface area contributed by atoms with E-state index in [-0.39, 0.29) is 17.4 Å². The minimum Gasteiger partial charge on any atom is -0.481 e. The smallest absolute Gasteiger partial charge is 0.481 e. The van der Waals surface area contributed by atoms with E-state index in [0.29, 0.717) is 30.1 Å². The van der Waals surface area contributed by atoms with Gasteiger partial charge in [-0.3, -0.25) is 4.79 Å². The van der Waals surface area contributed by atoms with Crippen LogP contribution in [0.2, 0.25) is 0 Å². The van der Waals surface area contributed by atoms with Crippen molar-refractivity contribution < 1.29 is 27.8 Å². The lowest BCUT2D eigenvalue weighted by Crippen LogP contribution is -2.28. The van der Waals surface area contributed by atoms with E-state index in [9.17, 15) is 13.6 Å². The Bertz CT molecular complexity index is 1370. The Morgan fingerprint density at radius 3 is 2.69 bits per heavy atom. The van der Waals surface area contributed by atoms with E-state index in [0.717, 1.165) is 35.2 Å². The predicted molar refractivity (Wildman–Crippen MR) is 124 cm³/mol. The van der Waals surface area contributed by atoms with Crippen molar-refractivity contribution in [2.75, 3.05) is 12.4 Å². The Hall–Kier alpha value is -4.01. The standard InChI is InChI=1S/C26H21F2N3O4/c1-33-22-9-6-16(14-29-22)23-18-5-3-2-4-15(18)12-21(30-23)31-24(32)25(10-11-25)17-7-8-19-20(13-17)35-26(27,28)34-19/h2,4,6-9,12-14H,3,5,10-11H2,1H3,(H,30,31,32). The molecule has 0 bridgehead atoms. The molecule has 178 valence electrons. The summed E-state index contributed by atoms with van der Waals surface area (Å²) < 4.78 is 41.1. The van der Waals surface area contributed by atoms with Crippen LogP contribution in [-0.2, 0) is 16.6 Å². The summed E-state index contributed by atoms with van der Waals surface area (Å²) >= 11 is 0. The molecule has 0 spiro atoms. The maximum atomic E-state index is 13.4. The summed E-state index contributed by atoms with van der Waals surface area (Å²) in [5.74, 6) is 0.566. The Balaban J connectivity index is 1.31. The summed E-state index contributed by atoms with van der Waals surface area (Å²) in [7, 11) is 1.56. The number of halogens is 2. The van der Waals surface area contributed by atoms with Crippen LogP contribution in [0.15, 0.2) is 48.7 Å². The maximum absolute atomic E-state index is 13.4. The van der Waals surface area contributed by atoms with Gasteiger partial charge in [-0.15, -0.1) is 8.78 Å². The van der Waals surface area contributed by atoms with Crippen LogP contribution in [0.5, 0.6) is 17.4 Å². The van der Waals surface area contributed by atoms with E-state index in [1.54, 1.807) is 25.4 Å². The maximum Gasteiger partial charge on any atom is 0.586 e. The molecular weight excluding hydrogens is 456 g/mol. The monoisotopic (exact) mass is 477 g/mol. The van der Waals surface area contributed by atoms with Crippen molar-refractivity contribution in [1.29, 1.82) is 0 Å². The quantitative estimate of drug-likeness (QED) is 0.550. The van der Waals surface area contributed by atoms with Gasteiger partial charge in [0.15, 0.2) is 11.5 Å². The van der Waals surface area contributed by atoms with Gasteiger partial charge >= 0.3 is 6.29 Å². The van der Waals surface area contributed by atoms with Gasteiger partial charge in [-0.05, 0) is 66.6 Å². The summed E-state index contributed by atoms with van der Waals surface area (Å²) in [4.78, 5) is 22.5. The zero-order valence-electron chi connectivity index (χ0n) is 18.8. The van der Waals surface area contributed by atoms with Gasteiger partial charge in [-0.2, -0.15) is 0 Å². The van der Waals surface area contributed by atoms with Crippen LogP contribution in [0, 0.1) is 0 Å². The van der Waals surface area contributed by atoms with Gasteiger partial charge in [0.25, 0.3) is 0 Å². The average molecular weight is 477 g/mol. The van der Waals surface area contributed by atoms with Gasteiger partial charge in [0, 0.05) is 17.8 Å². The van der Waals surface area contributed by atoms with Crippen molar-refractivity contribution in [2.24, 2.45) is 0 Å². The molecule has 1 aliphatic heterocycles. The number of hydrogen-bond acceptors (Lipinski definition) is 6. The first kappa shape index (κ1) is 21.5. The first-order chi connectivity index (χ1) is 16.9. The Kier molecular flexibility index (Phi) is 4.77. The van der Waals surface area contributed by atoms with Crippen LogP contribution in [0.1, 0.15) is 36.0 Å². The highest BCUT2D eigenvalue weighted by molar-refractivity contribution is 6.01. The number of aromatic nitrogens is 2. The normalized spacial score (nSPS) is 18.0. The number of allylic oxidation sites excluding steroid dienone is 1. The van der Waals surface area contributed by atoms with Crippen LogP contribution in [-0.4, -0.2) is 29.3 Å². The topological polar surface area (TPSA) is 82.6 Å². The molecule has 6 rings (SSSR count). The second kappa shape index (κ2) is 7.76. The Morgan fingerprint density at radius 2 is 1.94 bits per heavy atom. The van der Waals surface area contributed by atoms with Gasteiger partial charge < -0.3 is 19.5 Å². The molecule has 1 saturated carbocycles. The summed E-state index contributed by atoms with van der Waals surface area (Å²) in [6, 6.07) is 10.0. The molecule has 2 aliphatic carbocycles. The number of rotatable bonds is 5. The number of carbonyl (C=O) groups is 1. The first-order valence-electron chi connectivity index (χ1n) is 11.3. The van der Waals surface area contributed by atoms with Gasteiger partial charge in [0.05, 0.1) is 18.2 Å². The van der Waals surface area contributed by atoms with Gasteiger partial charge in [-0.1, -0.05) is 18.2 Å². The molecule has 7 nitrogen and oxygen atoms in total. The molecule has 0 unspecified atom stereocenters. The van der Waals surface area contributed by atoms with E-state index in [1.165, 1.54) is 12.1 Å². The largest absolute Gasteiger partial charge is 0.586 e. The molecule has 35 heavy (non-hydrogen) atoms. The number of anilines is 1. The molecule has 3 aliphatic rings. The molecule has 9 heteroatoms. The minimum absolute atomic E-state index is 0.0455. The fourth-order valence-electron chi connectivity index (χ4n) is 4.64. The fraction of sp³-hybridized carbons (Fsp3) is 0.269. The van der Waals surface area contributed by atoms with Gasteiger partial charge in [0.2, 0.25) is 11.8 Å². The second-order valence-corrected chi connectivity index (χ2v) is 8.82. The molecule has 3 aromatic rings. The zero-order valence-corrected chi connectivity index (χ0v) is 18.8. The van der Waals surface area contributed by atoms with Crippen molar-refractivity contribution in [3.8, 4) is 28.6 Å². The zero-order chi connectivity index (χ0) is 24.2. The third kappa shape index (κ3) is 3.77. The summed E-state index contributed by atoms with van der Waals surface area (Å²) in [5, 5.41) is 2.96. The number of benzene rings is 1. The molecule has 1 amide bonds. The van der Waals surface area contributed by atoms with Crippen molar-refractivity contribution in [3.05, 3.63) is 65.4 Å². The highest BCUT2D eigenvalue weighted by Gasteiger charge is 2.53. The second-order valence-electron chi connectivity index (χ2n) is 8.82. The summed E-state index contributed by atoms with van der Waals surface area (Å²) in [5.41, 5.74) is 3.44. The number of nitrogens with one attached hydrogen (secondary N) is 1. The van der Waals surface area contributed by atoms with Gasteiger partial charge in [0.1, 0.15) is 5.82 Å². The molecule has 1 fully saturated rings. The molecule has 2 aromatic heterocycles. The lowest BCUT2D eigenvalue weighted by molar-refractivity contribution is -0.286. The van der Waals surface area contributed by atoms with Crippen LogP contribution in [0.3, 0.4) is 0 Å². The number of alkyl halides is 2. The SMILES string of the molecule is COc1ccc(-c2nc(NC(=O)C3(c4ccc5c(c4)OC(F)(F)O5)CC3)cc3c2CCC=C3)cn1. The van der Waals surface area contributed by atoms with Crippen LogP contribution < -0.4 is 19.5 Å². The van der Waals surface area contributed by atoms with E-state index >= 15 is 0 Å². The number of carbonyl (C=O) groups excluding carboxylic acids is 1. The van der Waals surface area contributed by atoms with E-state index in [1.807, 2.05) is 18.2 Å². The van der Waals surface area contributed by atoms with E-state index in [2.05, 4.69) is 25.9 Å². The number of methoxy groups -OCH3 is 1. The number of fused-ring (bicyclic) bond motifs is 2. The molecular formula is C26H21F2N3O4. The average Bonchev–Trinajstić information content (AvgIpc) is 3.60. The van der Waals surface area contributed by atoms with Crippen molar-refractivity contribution in [3.63, 3.8) is 0 Å². The molecule has 1 aromatic carbocycles. The summed E-state index contributed by atoms with van der Waals surface area (Å²) in [6.07, 6.45) is 5.05. The Morgan fingerprint density at radius 1 is 1.11 bits per heavy atom. The fourth-order valence-corrected chi connectivity index (χ4v) is 4.64. The van der Waals surface area contributed by atoms with E-state index in [4.69, 9.17) is 9.72 Å². The highest BCUT2D eigenvalue weighted by Crippen LogP contribution is 2.52. The molecule has 0 radical (unpaired) electrons. The molecule has 0 saturated heterocycles.